The van der Waals surface area contributed by atoms with E-state index in [4.69, 9.17) is 4.43 Å². The summed E-state index contributed by atoms with van der Waals surface area (Å²) in [7, 11) is -1.49. The molecule has 1 fully saturated rings. The third-order valence-corrected chi connectivity index (χ3v) is 5.60. The van der Waals surface area contributed by atoms with Crippen LogP contribution in [0.4, 0.5) is 0 Å². The maximum absolute atomic E-state index is 6.59. The molecule has 1 aromatic rings. The second-order valence-corrected chi connectivity index (χ2v) is 11.8. The molecule has 1 aromatic carbocycles. The zero-order valence-corrected chi connectivity index (χ0v) is 15.1. The molecule has 1 saturated carbocycles. The second-order valence-electron chi connectivity index (χ2n) is 7.33. The number of hydrogen-bond acceptors (Lipinski definition) is 1. The van der Waals surface area contributed by atoms with Gasteiger partial charge in [-0.3, -0.25) is 0 Å². The maximum atomic E-state index is 6.59. The van der Waals surface area contributed by atoms with Crippen LogP contribution in [-0.2, 0) is 4.43 Å². The molecule has 0 aliphatic heterocycles. The molecule has 2 heteroatoms. The molecule has 116 valence electrons. The van der Waals surface area contributed by atoms with Crippen LogP contribution in [0.3, 0.4) is 0 Å². The van der Waals surface area contributed by atoms with Crippen molar-refractivity contribution in [2.45, 2.75) is 63.8 Å². The Morgan fingerprint density at radius 1 is 1.33 bits per heavy atom. The minimum absolute atomic E-state index is 0.145. The van der Waals surface area contributed by atoms with E-state index in [1.54, 1.807) is 0 Å². The number of rotatable bonds is 8. The van der Waals surface area contributed by atoms with Crippen LogP contribution in [0.15, 0.2) is 43.0 Å². The number of hydrogen-bond donors (Lipinski definition) is 0. The quantitative estimate of drug-likeness (QED) is 0.438. The van der Waals surface area contributed by atoms with Gasteiger partial charge in [0, 0.05) is 0 Å². The highest BCUT2D eigenvalue weighted by molar-refractivity contribution is 6.69. The molecule has 0 bridgehead atoms. The van der Waals surface area contributed by atoms with E-state index in [1.807, 2.05) is 6.08 Å². The third kappa shape index (κ3) is 4.07. The van der Waals surface area contributed by atoms with Gasteiger partial charge in [0.05, 0.1) is 5.60 Å². The van der Waals surface area contributed by atoms with Crippen molar-refractivity contribution in [1.82, 2.24) is 0 Å². The molecule has 0 saturated heterocycles. The monoisotopic (exact) mass is 302 g/mol. The van der Waals surface area contributed by atoms with Crippen LogP contribution in [-0.4, -0.2) is 13.9 Å². The first kappa shape index (κ1) is 16.5. The topological polar surface area (TPSA) is 9.23 Å². The summed E-state index contributed by atoms with van der Waals surface area (Å²) in [6.07, 6.45) is 6.69. The van der Waals surface area contributed by atoms with E-state index < -0.39 is 8.32 Å². The van der Waals surface area contributed by atoms with Gasteiger partial charge in [-0.05, 0) is 62.7 Å². The number of benzene rings is 1. The van der Waals surface area contributed by atoms with E-state index in [0.717, 1.165) is 12.8 Å². The lowest BCUT2D eigenvalue weighted by Crippen LogP contribution is -2.35. The molecule has 1 aliphatic carbocycles. The van der Waals surface area contributed by atoms with Crippen molar-refractivity contribution in [2.24, 2.45) is 5.92 Å². The molecule has 1 nitrogen and oxygen atoms in total. The van der Waals surface area contributed by atoms with E-state index in [2.05, 4.69) is 63.5 Å². The van der Waals surface area contributed by atoms with Gasteiger partial charge in [-0.1, -0.05) is 43.3 Å². The summed E-state index contributed by atoms with van der Waals surface area (Å²) in [6, 6.07) is 11.0. The highest BCUT2D eigenvalue weighted by Gasteiger charge is 2.58. The fourth-order valence-corrected chi connectivity index (χ4v) is 5.22. The molecule has 2 rings (SSSR count). The predicted molar refractivity (Wildman–Crippen MR) is 94.2 cm³/mol. The Morgan fingerprint density at radius 2 is 2.00 bits per heavy atom. The highest BCUT2D eigenvalue weighted by atomic mass is 28.4. The fourth-order valence-electron chi connectivity index (χ4n) is 3.63. The van der Waals surface area contributed by atoms with Gasteiger partial charge >= 0.3 is 0 Å². The summed E-state index contributed by atoms with van der Waals surface area (Å²) in [5, 5.41) is 0. The fraction of sp³-hybridized carbons (Fsp3) is 0.579. The van der Waals surface area contributed by atoms with Crippen LogP contribution in [0.5, 0.6) is 0 Å². The van der Waals surface area contributed by atoms with E-state index in [0.29, 0.717) is 11.8 Å². The van der Waals surface area contributed by atoms with E-state index in [9.17, 15) is 0 Å². The summed E-state index contributed by atoms with van der Waals surface area (Å²) in [6.45, 7) is 13.1. The van der Waals surface area contributed by atoms with Crippen molar-refractivity contribution >= 4 is 8.32 Å². The molecule has 3 atom stereocenters. The first-order valence-corrected chi connectivity index (χ1v) is 11.7. The van der Waals surface area contributed by atoms with E-state index in [-0.39, 0.29) is 5.60 Å². The molecule has 0 spiro atoms. The summed E-state index contributed by atoms with van der Waals surface area (Å²) < 4.78 is 6.59. The van der Waals surface area contributed by atoms with Crippen molar-refractivity contribution in [1.29, 1.82) is 0 Å². The van der Waals surface area contributed by atoms with E-state index >= 15 is 0 Å². The Hall–Kier alpha value is -0.863. The third-order valence-electron chi connectivity index (χ3n) is 4.58. The minimum atomic E-state index is -1.49. The Morgan fingerprint density at radius 3 is 2.52 bits per heavy atom. The highest BCUT2D eigenvalue weighted by Crippen LogP contribution is 2.58. The van der Waals surface area contributed by atoms with Crippen molar-refractivity contribution in [3.63, 3.8) is 0 Å². The standard InChI is InChI=1S/C19H30OSi/c1-6-8-14-17(16-12-10-9-11-13-16)18-15-19(18,7-2)20-21(3,4)5/h6,9-13,17-18H,1,7-8,14-15H2,2-5H3. The Labute approximate surface area is 131 Å². The largest absolute Gasteiger partial charge is 0.412 e. The molecule has 21 heavy (non-hydrogen) atoms. The van der Waals surface area contributed by atoms with Gasteiger partial charge in [0.25, 0.3) is 0 Å². The minimum Gasteiger partial charge on any atom is -0.412 e. The zero-order chi connectivity index (χ0) is 15.5. The van der Waals surface area contributed by atoms with Crippen LogP contribution in [0.25, 0.3) is 0 Å². The van der Waals surface area contributed by atoms with Gasteiger partial charge in [-0.15, -0.1) is 6.58 Å². The summed E-state index contributed by atoms with van der Waals surface area (Å²) in [5.41, 5.74) is 1.62. The molecular formula is C19H30OSi. The van der Waals surface area contributed by atoms with Gasteiger partial charge in [0.15, 0.2) is 8.32 Å². The SMILES string of the molecule is C=CCCC(c1ccccc1)C1CC1(CC)O[Si](C)(C)C. The van der Waals surface area contributed by atoms with Gasteiger partial charge in [-0.25, -0.2) is 0 Å². The first-order chi connectivity index (χ1) is 9.92. The zero-order valence-electron chi connectivity index (χ0n) is 14.1. The van der Waals surface area contributed by atoms with Crippen LogP contribution in [0.1, 0.15) is 44.1 Å². The Balaban J connectivity index is 2.17. The average molecular weight is 303 g/mol. The molecule has 0 heterocycles. The van der Waals surface area contributed by atoms with E-state index in [1.165, 1.54) is 18.4 Å². The summed E-state index contributed by atoms with van der Waals surface area (Å²) in [4.78, 5) is 0. The van der Waals surface area contributed by atoms with Crippen molar-refractivity contribution in [3.8, 4) is 0 Å². The van der Waals surface area contributed by atoms with Crippen LogP contribution >= 0.6 is 0 Å². The normalized spacial score (nSPS) is 26.4. The number of allylic oxidation sites excluding steroid dienone is 1. The lowest BCUT2D eigenvalue weighted by atomic mass is 9.88. The van der Waals surface area contributed by atoms with Crippen LogP contribution in [0.2, 0.25) is 19.6 Å². The lowest BCUT2D eigenvalue weighted by molar-refractivity contribution is 0.139. The maximum Gasteiger partial charge on any atom is 0.184 e. The molecular weight excluding hydrogens is 272 g/mol. The van der Waals surface area contributed by atoms with Gasteiger partial charge in [-0.2, -0.15) is 0 Å². The molecule has 0 amide bonds. The summed E-state index contributed by atoms with van der Waals surface area (Å²) in [5.74, 6) is 1.29. The molecule has 0 aromatic heterocycles. The van der Waals surface area contributed by atoms with Gasteiger partial charge < -0.3 is 4.43 Å². The Bertz CT molecular complexity index is 462. The lowest BCUT2D eigenvalue weighted by Gasteiger charge is -2.29. The molecule has 3 unspecified atom stereocenters. The Kier molecular flexibility index (Phi) is 5.10. The van der Waals surface area contributed by atoms with Crippen molar-refractivity contribution in [3.05, 3.63) is 48.6 Å². The first-order valence-electron chi connectivity index (χ1n) is 8.28. The van der Waals surface area contributed by atoms with Gasteiger partial charge in [0.1, 0.15) is 0 Å². The van der Waals surface area contributed by atoms with Gasteiger partial charge in [0.2, 0.25) is 0 Å². The summed E-state index contributed by atoms with van der Waals surface area (Å²) >= 11 is 0. The molecule has 1 aliphatic rings. The molecule has 0 N–H and O–H groups in total. The van der Waals surface area contributed by atoms with Crippen molar-refractivity contribution in [2.75, 3.05) is 0 Å². The average Bonchev–Trinajstić information content (AvgIpc) is 3.13. The van der Waals surface area contributed by atoms with Crippen LogP contribution < -0.4 is 0 Å². The predicted octanol–water partition coefficient (Wildman–Crippen LogP) is 5.76. The van der Waals surface area contributed by atoms with Crippen LogP contribution in [0, 0.1) is 5.92 Å². The second kappa shape index (κ2) is 6.49. The smallest absolute Gasteiger partial charge is 0.184 e. The molecule has 0 radical (unpaired) electrons. The van der Waals surface area contributed by atoms with Crippen molar-refractivity contribution < 1.29 is 4.43 Å².